The quantitative estimate of drug-likeness (QED) is 0.231. The number of nitrogens with zero attached hydrogens (tertiary/aromatic N) is 3. The molecular weight excluding hydrogens is 450 g/mol. The Labute approximate surface area is 201 Å². The lowest BCUT2D eigenvalue weighted by atomic mass is 10.1. The van der Waals surface area contributed by atoms with Crippen LogP contribution in [0.25, 0.3) is 16.7 Å². The Balaban J connectivity index is 1.46. The molecule has 10 heteroatoms. The minimum atomic E-state index is -1.65. The first-order valence-electron chi connectivity index (χ1n) is 11.3. The number of pyridine rings is 1. The Kier molecular flexibility index (Phi) is 6.72. The van der Waals surface area contributed by atoms with Crippen molar-refractivity contribution in [1.82, 2.24) is 14.9 Å². The van der Waals surface area contributed by atoms with E-state index in [1.807, 2.05) is 12.1 Å². The summed E-state index contributed by atoms with van der Waals surface area (Å²) in [6.45, 7) is 6.52. The number of rotatable bonds is 7. The second-order valence-electron chi connectivity index (χ2n) is 8.64. The SMILES string of the molecule is CC(C)Nc1cccnc1N1CCN(C(=O)c2cc3cc(/C(O)=C/C(=O)C(=O)O)ccc3[nH]2)CC1. The van der Waals surface area contributed by atoms with Crippen LogP contribution in [-0.4, -0.2) is 75.0 Å². The Morgan fingerprint density at radius 1 is 1.09 bits per heavy atom. The van der Waals surface area contributed by atoms with Crippen molar-refractivity contribution in [3.63, 3.8) is 0 Å². The van der Waals surface area contributed by atoms with Gasteiger partial charge in [0.05, 0.1) is 5.69 Å². The lowest BCUT2D eigenvalue weighted by Gasteiger charge is -2.36. The summed E-state index contributed by atoms with van der Waals surface area (Å²) in [5.41, 5.74) is 2.35. The molecule has 0 bridgehead atoms. The molecule has 0 unspecified atom stereocenters. The third-order valence-electron chi connectivity index (χ3n) is 5.72. The largest absolute Gasteiger partial charge is 0.507 e. The number of piperazine rings is 1. The smallest absolute Gasteiger partial charge is 0.376 e. The van der Waals surface area contributed by atoms with Crippen molar-refractivity contribution in [2.24, 2.45) is 0 Å². The van der Waals surface area contributed by atoms with Gasteiger partial charge in [0, 0.05) is 61.0 Å². The average Bonchev–Trinajstić information content (AvgIpc) is 3.27. The van der Waals surface area contributed by atoms with E-state index < -0.39 is 17.5 Å². The number of carboxylic acid groups (broad SMARTS) is 1. The summed E-state index contributed by atoms with van der Waals surface area (Å²) >= 11 is 0. The van der Waals surface area contributed by atoms with Crippen LogP contribution < -0.4 is 10.2 Å². The second kappa shape index (κ2) is 9.88. The molecule has 3 heterocycles. The van der Waals surface area contributed by atoms with Gasteiger partial charge in [-0.25, -0.2) is 9.78 Å². The number of ketones is 1. The van der Waals surface area contributed by atoms with Crippen LogP contribution in [0.3, 0.4) is 0 Å². The number of H-pyrrole nitrogens is 1. The number of carboxylic acids is 1. The zero-order chi connectivity index (χ0) is 25.1. The van der Waals surface area contributed by atoms with E-state index in [2.05, 4.69) is 34.0 Å². The van der Waals surface area contributed by atoms with Gasteiger partial charge in [-0.05, 0) is 50.2 Å². The van der Waals surface area contributed by atoms with Crippen LogP contribution in [0.4, 0.5) is 11.5 Å². The molecule has 10 nitrogen and oxygen atoms in total. The van der Waals surface area contributed by atoms with Gasteiger partial charge < -0.3 is 30.3 Å². The molecule has 4 N–H and O–H groups in total. The second-order valence-corrected chi connectivity index (χ2v) is 8.64. The molecule has 3 aromatic rings. The Hall–Kier alpha value is -4.34. The number of aromatic amines is 1. The first kappa shape index (κ1) is 23.8. The van der Waals surface area contributed by atoms with Gasteiger partial charge >= 0.3 is 5.97 Å². The van der Waals surface area contributed by atoms with Crippen molar-refractivity contribution in [3.05, 3.63) is 59.9 Å². The van der Waals surface area contributed by atoms with E-state index in [-0.39, 0.29) is 17.5 Å². The van der Waals surface area contributed by atoms with Crippen molar-refractivity contribution in [1.29, 1.82) is 0 Å². The van der Waals surface area contributed by atoms with Crippen molar-refractivity contribution < 1.29 is 24.6 Å². The number of hydrogen-bond acceptors (Lipinski definition) is 7. The number of fused-ring (bicyclic) bond motifs is 1. The predicted molar refractivity (Wildman–Crippen MR) is 133 cm³/mol. The molecule has 0 aliphatic carbocycles. The van der Waals surface area contributed by atoms with Gasteiger partial charge in [-0.1, -0.05) is 0 Å². The van der Waals surface area contributed by atoms with E-state index in [0.29, 0.717) is 48.9 Å². The van der Waals surface area contributed by atoms with E-state index in [4.69, 9.17) is 5.11 Å². The van der Waals surface area contributed by atoms with Gasteiger partial charge in [0.25, 0.3) is 11.7 Å². The van der Waals surface area contributed by atoms with Crippen LogP contribution in [0.5, 0.6) is 0 Å². The van der Waals surface area contributed by atoms with Gasteiger partial charge in [-0.15, -0.1) is 0 Å². The molecular formula is C25H27N5O5. The fourth-order valence-corrected chi connectivity index (χ4v) is 4.04. The maximum atomic E-state index is 13.1. The summed E-state index contributed by atoms with van der Waals surface area (Å²) in [6.07, 6.45) is 2.42. The number of amides is 1. The Bertz CT molecular complexity index is 1300. The normalized spacial score (nSPS) is 14.4. The van der Waals surface area contributed by atoms with Gasteiger partial charge in [0.2, 0.25) is 0 Å². The minimum Gasteiger partial charge on any atom is -0.507 e. The number of carbonyl (C=O) groups excluding carboxylic acids is 2. The Morgan fingerprint density at radius 3 is 2.51 bits per heavy atom. The molecule has 1 amide bonds. The summed E-state index contributed by atoms with van der Waals surface area (Å²) in [4.78, 5) is 46.8. The minimum absolute atomic E-state index is 0.134. The lowest BCUT2D eigenvalue weighted by molar-refractivity contribution is -0.146. The highest BCUT2D eigenvalue weighted by molar-refractivity contribution is 6.38. The zero-order valence-corrected chi connectivity index (χ0v) is 19.5. The lowest BCUT2D eigenvalue weighted by Crippen LogP contribution is -2.49. The number of benzene rings is 1. The summed E-state index contributed by atoms with van der Waals surface area (Å²) in [7, 11) is 0. The fraction of sp³-hybridized carbons (Fsp3) is 0.280. The first-order valence-corrected chi connectivity index (χ1v) is 11.3. The van der Waals surface area contributed by atoms with Crippen LogP contribution in [-0.2, 0) is 9.59 Å². The first-order chi connectivity index (χ1) is 16.7. The van der Waals surface area contributed by atoms with E-state index in [0.717, 1.165) is 11.5 Å². The molecule has 0 saturated carbocycles. The fourth-order valence-electron chi connectivity index (χ4n) is 4.04. The number of aliphatic hydroxyl groups is 1. The summed E-state index contributed by atoms with van der Waals surface area (Å²) in [6, 6.07) is 10.7. The highest BCUT2D eigenvalue weighted by Gasteiger charge is 2.25. The average molecular weight is 478 g/mol. The summed E-state index contributed by atoms with van der Waals surface area (Å²) in [5.74, 6) is -2.58. The van der Waals surface area contributed by atoms with Gasteiger partial charge in [-0.2, -0.15) is 0 Å². The molecule has 1 aromatic carbocycles. The number of aliphatic hydroxyl groups excluding tert-OH is 1. The Morgan fingerprint density at radius 2 is 1.83 bits per heavy atom. The molecule has 0 spiro atoms. The molecule has 182 valence electrons. The van der Waals surface area contributed by atoms with Crippen LogP contribution in [0.15, 0.2) is 48.7 Å². The van der Waals surface area contributed by atoms with Crippen LogP contribution in [0.2, 0.25) is 0 Å². The van der Waals surface area contributed by atoms with Crippen LogP contribution >= 0.6 is 0 Å². The topological polar surface area (TPSA) is 139 Å². The van der Waals surface area contributed by atoms with Crippen molar-refractivity contribution in [2.45, 2.75) is 19.9 Å². The molecule has 4 rings (SSSR count). The van der Waals surface area contributed by atoms with E-state index in [9.17, 15) is 19.5 Å². The number of anilines is 2. The molecule has 1 saturated heterocycles. The highest BCUT2D eigenvalue weighted by Crippen LogP contribution is 2.26. The number of aliphatic carboxylic acids is 1. The molecule has 0 radical (unpaired) electrons. The predicted octanol–water partition coefficient (Wildman–Crippen LogP) is 2.90. The van der Waals surface area contributed by atoms with Crippen molar-refractivity contribution in [3.8, 4) is 0 Å². The number of carbonyl (C=O) groups is 3. The third kappa shape index (κ3) is 5.26. The molecule has 2 aromatic heterocycles. The van der Waals surface area contributed by atoms with E-state index in [1.54, 1.807) is 35.4 Å². The number of aromatic nitrogens is 2. The summed E-state index contributed by atoms with van der Waals surface area (Å²) in [5, 5.41) is 22.9. The molecule has 35 heavy (non-hydrogen) atoms. The maximum absolute atomic E-state index is 13.1. The van der Waals surface area contributed by atoms with Gasteiger partial charge in [0.1, 0.15) is 11.5 Å². The standard InChI is InChI=1S/C25H27N5O5/c1-15(2)27-19-4-3-7-26-23(19)29-8-10-30(11-9-29)24(33)20-13-17-12-16(5-6-18(17)28-20)21(31)14-22(32)25(34)35/h3-7,12-15,27-28,31H,8-11H2,1-2H3,(H,34,35)/b21-14-. The zero-order valence-electron chi connectivity index (χ0n) is 19.5. The highest BCUT2D eigenvalue weighted by atomic mass is 16.4. The van der Waals surface area contributed by atoms with Crippen molar-refractivity contribution in [2.75, 3.05) is 36.4 Å². The molecule has 0 atom stereocenters. The third-order valence-corrected chi connectivity index (χ3v) is 5.72. The van der Waals surface area contributed by atoms with E-state index in [1.165, 1.54) is 0 Å². The molecule has 1 aliphatic rings. The van der Waals surface area contributed by atoms with Crippen molar-refractivity contribution >= 4 is 45.8 Å². The van der Waals surface area contributed by atoms with Crippen LogP contribution in [0, 0.1) is 0 Å². The molecule has 1 aliphatic heterocycles. The van der Waals surface area contributed by atoms with Crippen LogP contribution in [0.1, 0.15) is 29.9 Å². The summed E-state index contributed by atoms with van der Waals surface area (Å²) < 4.78 is 0. The maximum Gasteiger partial charge on any atom is 0.376 e. The van der Waals surface area contributed by atoms with E-state index >= 15 is 0 Å². The number of hydrogen-bond donors (Lipinski definition) is 4. The van der Waals surface area contributed by atoms with Gasteiger partial charge in [-0.3, -0.25) is 9.59 Å². The number of nitrogens with one attached hydrogen (secondary N) is 2. The molecule has 1 fully saturated rings. The van der Waals surface area contributed by atoms with Gasteiger partial charge in [0.15, 0.2) is 5.82 Å². The monoisotopic (exact) mass is 477 g/mol.